The third kappa shape index (κ3) is 3.65. The molecule has 1 heteroatoms. The third-order valence-electron chi connectivity index (χ3n) is 8.85. The van der Waals surface area contributed by atoms with Gasteiger partial charge in [-0.3, -0.25) is 0 Å². The molecule has 0 saturated carbocycles. The fourth-order valence-corrected chi connectivity index (χ4v) is 6.96. The molecule has 0 aliphatic carbocycles. The fraction of sp³-hybridized carbons (Fsp3) is 0. The number of furan rings is 1. The van der Waals surface area contributed by atoms with Crippen molar-refractivity contribution in [3.05, 3.63) is 158 Å². The molecule has 1 heterocycles. The highest BCUT2D eigenvalue weighted by Gasteiger charge is 2.18. The summed E-state index contributed by atoms with van der Waals surface area (Å²) in [4.78, 5) is 0. The predicted octanol–water partition coefficient (Wildman–Crippen LogP) is 12.0. The van der Waals surface area contributed by atoms with Gasteiger partial charge in [0.25, 0.3) is 0 Å². The largest absolute Gasteiger partial charge is 0.455 e. The van der Waals surface area contributed by atoms with Crippen molar-refractivity contribution in [1.29, 1.82) is 0 Å². The molecule has 43 heavy (non-hydrogen) atoms. The average Bonchev–Trinajstić information content (AvgIpc) is 3.47. The van der Waals surface area contributed by atoms with Gasteiger partial charge in [0.2, 0.25) is 0 Å². The lowest BCUT2D eigenvalue weighted by Gasteiger charge is -2.18. The van der Waals surface area contributed by atoms with Gasteiger partial charge in [0, 0.05) is 16.3 Å². The Kier molecular flexibility index (Phi) is 5.27. The molecule has 0 saturated heterocycles. The molecule has 1 nitrogen and oxygen atoms in total. The Hall–Kier alpha value is -5.66. The summed E-state index contributed by atoms with van der Waals surface area (Å²) in [5.74, 6) is 0. The summed E-state index contributed by atoms with van der Waals surface area (Å²) in [6.07, 6.45) is 0. The molecule has 200 valence electrons. The van der Waals surface area contributed by atoms with E-state index in [1.807, 2.05) is 6.07 Å². The van der Waals surface area contributed by atoms with Crippen LogP contribution in [0.15, 0.2) is 162 Å². The average molecular weight is 547 g/mol. The summed E-state index contributed by atoms with van der Waals surface area (Å²) in [5.41, 5.74) is 9.12. The molecular weight excluding hydrogens is 520 g/mol. The van der Waals surface area contributed by atoms with Crippen LogP contribution in [0.2, 0.25) is 0 Å². The van der Waals surface area contributed by atoms with Crippen LogP contribution in [0.1, 0.15) is 0 Å². The third-order valence-corrected chi connectivity index (χ3v) is 8.85. The first-order valence-electron chi connectivity index (χ1n) is 14.8. The second kappa shape index (κ2) is 9.44. The van der Waals surface area contributed by atoms with Crippen molar-refractivity contribution in [2.24, 2.45) is 0 Å². The van der Waals surface area contributed by atoms with Crippen molar-refractivity contribution in [3.63, 3.8) is 0 Å². The summed E-state index contributed by atoms with van der Waals surface area (Å²) in [6.45, 7) is 0. The van der Waals surface area contributed by atoms with Gasteiger partial charge < -0.3 is 4.42 Å². The van der Waals surface area contributed by atoms with Crippen molar-refractivity contribution >= 4 is 54.3 Å². The fourth-order valence-electron chi connectivity index (χ4n) is 6.96. The molecule has 0 radical (unpaired) electrons. The Morgan fingerprint density at radius 3 is 1.44 bits per heavy atom. The van der Waals surface area contributed by atoms with Gasteiger partial charge in [-0.05, 0) is 72.3 Å². The Bertz CT molecular complexity index is 2420. The number of rotatable bonds is 3. The van der Waals surface area contributed by atoms with Gasteiger partial charge in [-0.1, -0.05) is 146 Å². The Morgan fingerprint density at radius 2 is 0.814 bits per heavy atom. The normalized spacial score (nSPS) is 11.7. The lowest BCUT2D eigenvalue weighted by Crippen LogP contribution is -1.90. The molecular formula is C42H26O. The molecule has 0 bridgehead atoms. The quantitative estimate of drug-likeness (QED) is 0.201. The molecule has 8 aromatic carbocycles. The van der Waals surface area contributed by atoms with E-state index in [1.54, 1.807) is 0 Å². The van der Waals surface area contributed by atoms with Gasteiger partial charge >= 0.3 is 0 Å². The van der Waals surface area contributed by atoms with Gasteiger partial charge in [-0.15, -0.1) is 0 Å². The van der Waals surface area contributed by atoms with Crippen molar-refractivity contribution in [3.8, 4) is 33.4 Å². The van der Waals surface area contributed by atoms with Crippen molar-refractivity contribution in [1.82, 2.24) is 0 Å². The molecule has 0 aliphatic heterocycles. The smallest absolute Gasteiger partial charge is 0.143 e. The Balaban J connectivity index is 1.28. The maximum absolute atomic E-state index is 6.53. The van der Waals surface area contributed by atoms with Crippen LogP contribution in [0.3, 0.4) is 0 Å². The van der Waals surface area contributed by atoms with E-state index in [9.17, 15) is 0 Å². The molecule has 0 spiro atoms. The number of fused-ring (bicyclic) bond motifs is 7. The first-order valence-corrected chi connectivity index (χ1v) is 14.8. The molecule has 0 unspecified atom stereocenters. The Labute approximate surface area is 249 Å². The number of para-hydroxylation sites is 1. The van der Waals surface area contributed by atoms with Gasteiger partial charge in [0.05, 0.1) is 0 Å². The lowest BCUT2D eigenvalue weighted by molar-refractivity contribution is 0.670. The van der Waals surface area contributed by atoms with E-state index in [2.05, 4.69) is 152 Å². The van der Waals surface area contributed by atoms with E-state index in [-0.39, 0.29) is 0 Å². The molecule has 9 rings (SSSR count). The van der Waals surface area contributed by atoms with E-state index < -0.39 is 0 Å². The number of hydrogen-bond donors (Lipinski definition) is 0. The minimum Gasteiger partial charge on any atom is -0.455 e. The highest BCUT2D eigenvalue weighted by Crippen LogP contribution is 2.45. The molecule has 0 aliphatic rings. The minimum atomic E-state index is 0.920. The summed E-state index contributed by atoms with van der Waals surface area (Å²) >= 11 is 0. The summed E-state index contributed by atoms with van der Waals surface area (Å²) in [6, 6.07) is 56.7. The maximum Gasteiger partial charge on any atom is 0.143 e. The molecule has 0 N–H and O–H groups in total. The SMILES string of the molecule is c1ccc(-c2c3ccccc3c(-c3ccc(-c4cc5ccccc5c5c4oc4ccccc45)cc3)c3ccccc23)cc1. The van der Waals surface area contributed by atoms with Gasteiger partial charge in [0.1, 0.15) is 11.2 Å². The first-order chi connectivity index (χ1) is 21.3. The van der Waals surface area contributed by atoms with Crippen LogP contribution in [0, 0.1) is 0 Å². The molecule has 0 atom stereocenters. The van der Waals surface area contributed by atoms with Gasteiger partial charge in [0.15, 0.2) is 0 Å². The minimum absolute atomic E-state index is 0.920. The monoisotopic (exact) mass is 546 g/mol. The van der Waals surface area contributed by atoms with Crippen LogP contribution in [0.25, 0.3) is 87.6 Å². The molecule has 0 amide bonds. The molecule has 9 aromatic rings. The van der Waals surface area contributed by atoms with Crippen LogP contribution in [-0.2, 0) is 0 Å². The zero-order valence-corrected chi connectivity index (χ0v) is 23.4. The van der Waals surface area contributed by atoms with E-state index in [4.69, 9.17) is 4.42 Å². The zero-order chi connectivity index (χ0) is 28.3. The van der Waals surface area contributed by atoms with Crippen LogP contribution in [0.5, 0.6) is 0 Å². The summed E-state index contributed by atoms with van der Waals surface area (Å²) in [7, 11) is 0. The lowest BCUT2D eigenvalue weighted by atomic mass is 9.85. The van der Waals surface area contributed by atoms with Crippen molar-refractivity contribution in [2.45, 2.75) is 0 Å². The van der Waals surface area contributed by atoms with E-state index in [0.29, 0.717) is 0 Å². The van der Waals surface area contributed by atoms with E-state index in [1.165, 1.54) is 60.0 Å². The van der Waals surface area contributed by atoms with Crippen LogP contribution in [0.4, 0.5) is 0 Å². The predicted molar refractivity (Wildman–Crippen MR) is 183 cm³/mol. The maximum atomic E-state index is 6.53. The number of benzene rings is 8. The highest BCUT2D eigenvalue weighted by molar-refractivity contribution is 6.23. The van der Waals surface area contributed by atoms with Gasteiger partial charge in [-0.25, -0.2) is 0 Å². The van der Waals surface area contributed by atoms with Gasteiger partial charge in [-0.2, -0.15) is 0 Å². The standard InChI is InChI=1S/C42H26O/c1-2-12-28(13-3-1)39-32-16-6-8-18-34(32)40(35-19-9-7-17-33(35)39)29-24-22-27(23-25-29)37-26-30-14-4-5-15-31(30)41-36-20-10-11-21-38(36)43-42(37)41/h1-26H. The Morgan fingerprint density at radius 1 is 0.349 bits per heavy atom. The van der Waals surface area contributed by atoms with Crippen LogP contribution in [-0.4, -0.2) is 0 Å². The molecule has 1 aromatic heterocycles. The topological polar surface area (TPSA) is 13.1 Å². The summed E-state index contributed by atoms with van der Waals surface area (Å²) < 4.78 is 6.53. The molecule has 0 fully saturated rings. The first kappa shape index (κ1) is 24.0. The number of hydrogen-bond acceptors (Lipinski definition) is 1. The second-order valence-electron chi connectivity index (χ2n) is 11.2. The van der Waals surface area contributed by atoms with Crippen molar-refractivity contribution in [2.75, 3.05) is 0 Å². The van der Waals surface area contributed by atoms with Crippen molar-refractivity contribution < 1.29 is 4.42 Å². The summed E-state index contributed by atoms with van der Waals surface area (Å²) in [5, 5.41) is 9.84. The second-order valence-corrected chi connectivity index (χ2v) is 11.2. The highest BCUT2D eigenvalue weighted by atomic mass is 16.3. The van der Waals surface area contributed by atoms with E-state index in [0.717, 1.165) is 27.7 Å². The zero-order valence-electron chi connectivity index (χ0n) is 23.4. The van der Waals surface area contributed by atoms with E-state index >= 15 is 0 Å². The van der Waals surface area contributed by atoms with Crippen LogP contribution >= 0.6 is 0 Å². The van der Waals surface area contributed by atoms with Crippen LogP contribution < -0.4 is 0 Å².